The van der Waals surface area contributed by atoms with E-state index in [0.29, 0.717) is 24.9 Å². The van der Waals surface area contributed by atoms with Gasteiger partial charge in [0.05, 0.1) is 6.54 Å². The highest BCUT2D eigenvalue weighted by Gasteiger charge is 2.22. The van der Waals surface area contributed by atoms with Crippen LogP contribution in [0.2, 0.25) is 0 Å². The lowest BCUT2D eigenvalue weighted by molar-refractivity contribution is -0.121. The van der Waals surface area contributed by atoms with Crippen molar-refractivity contribution in [2.75, 3.05) is 20.2 Å². The van der Waals surface area contributed by atoms with Gasteiger partial charge < -0.3 is 20.7 Å². The monoisotopic (exact) mass is 365 g/mol. The molecule has 1 aromatic heterocycles. The number of fused-ring (bicyclic) bond motifs is 1. The van der Waals surface area contributed by atoms with E-state index < -0.39 is 0 Å². The average Bonchev–Trinajstić information content (AvgIpc) is 2.93. The first-order chi connectivity index (χ1) is 12.3. The summed E-state index contributed by atoms with van der Waals surface area (Å²) in [6.45, 7) is 9.81. The quantitative estimate of drug-likeness (QED) is 0.492. The molecule has 1 aliphatic rings. The molecule has 1 aromatic rings. The number of amides is 1. The predicted octanol–water partition coefficient (Wildman–Crippen LogP) is 0.209. The van der Waals surface area contributed by atoms with Crippen LogP contribution >= 0.6 is 0 Å². The molecule has 0 saturated heterocycles. The average molecular weight is 365 g/mol. The van der Waals surface area contributed by atoms with E-state index in [1.54, 1.807) is 7.11 Å². The number of aryl methyl sites for hydroxylation is 1. The molecule has 9 nitrogen and oxygen atoms in total. The van der Waals surface area contributed by atoms with Crippen LogP contribution < -0.4 is 16.0 Å². The fourth-order valence-electron chi connectivity index (χ4n) is 2.79. The molecule has 0 radical (unpaired) electrons. The number of rotatable bonds is 6. The highest BCUT2D eigenvalue weighted by atomic mass is 16.5. The zero-order valence-electron chi connectivity index (χ0n) is 16.4. The number of carbonyl (C=O) groups excluding carboxylic acids is 1. The van der Waals surface area contributed by atoms with Crippen LogP contribution in [0, 0.1) is 0 Å². The summed E-state index contributed by atoms with van der Waals surface area (Å²) in [6.07, 6.45) is 1.78. The minimum atomic E-state index is -0.259. The molecule has 9 heteroatoms. The Balaban J connectivity index is 1.94. The van der Waals surface area contributed by atoms with Crippen LogP contribution in [0.3, 0.4) is 0 Å². The van der Waals surface area contributed by atoms with Gasteiger partial charge in [-0.3, -0.25) is 4.79 Å². The van der Waals surface area contributed by atoms with Crippen LogP contribution in [-0.2, 0) is 29.1 Å². The smallest absolute Gasteiger partial charge is 0.242 e. The molecular weight excluding hydrogens is 334 g/mol. The summed E-state index contributed by atoms with van der Waals surface area (Å²) in [7, 11) is 1.64. The standard InChI is InChI=1S/C17H31N7O2/c1-6-18-16(19-9-15(25)22-17(2,3)4)20-12-7-8-14-21-13(11-26-5)23-24(14)10-12/h12H,6-11H2,1-5H3,(H,22,25)(H2,18,19,20). The third-order valence-corrected chi connectivity index (χ3v) is 3.76. The van der Waals surface area contributed by atoms with E-state index in [0.717, 1.165) is 25.2 Å². The number of aromatic nitrogens is 3. The van der Waals surface area contributed by atoms with Crippen LogP contribution in [0.25, 0.3) is 0 Å². The highest BCUT2D eigenvalue weighted by molar-refractivity contribution is 5.85. The molecule has 26 heavy (non-hydrogen) atoms. The number of carbonyl (C=O) groups is 1. The number of nitrogens with one attached hydrogen (secondary N) is 3. The molecule has 1 atom stereocenters. The number of ether oxygens (including phenoxy) is 1. The number of aliphatic imine (C=N–C) groups is 1. The van der Waals surface area contributed by atoms with Crippen LogP contribution in [0.5, 0.6) is 0 Å². The van der Waals surface area contributed by atoms with Crippen molar-refractivity contribution in [2.24, 2.45) is 4.99 Å². The van der Waals surface area contributed by atoms with E-state index in [4.69, 9.17) is 4.74 Å². The van der Waals surface area contributed by atoms with Crippen molar-refractivity contribution in [1.82, 2.24) is 30.7 Å². The van der Waals surface area contributed by atoms with Crippen molar-refractivity contribution in [2.45, 2.75) is 65.3 Å². The first kappa shape index (κ1) is 20.2. The molecule has 1 unspecified atom stereocenters. The van der Waals surface area contributed by atoms with E-state index in [-0.39, 0.29) is 24.0 Å². The second-order valence-electron chi connectivity index (χ2n) is 7.43. The molecule has 2 rings (SSSR count). The van der Waals surface area contributed by atoms with Gasteiger partial charge in [0.15, 0.2) is 11.8 Å². The predicted molar refractivity (Wildman–Crippen MR) is 99.9 cm³/mol. The van der Waals surface area contributed by atoms with Gasteiger partial charge in [-0.2, -0.15) is 5.10 Å². The molecule has 0 fully saturated rings. The van der Waals surface area contributed by atoms with E-state index in [1.165, 1.54) is 0 Å². The lowest BCUT2D eigenvalue weighted by Crippen LogP contribution is -2.48. The minimum Gasteiger partial charge on any atom is -0.377 e. The normalized spacial score (nSPS) is 17.6. The van der Waals surface area contributed by atoms with Crippen molar-refractivity contribution in [1.29, 1.82) is 0 Å². The lowest BCUT2D eigenvalue weighted by atomic mass is 10.1. The maximum atomic E-state index is 12.0. The fraction of sp³-hybridized carbons (Fsp3) is 0.765. The molecule has 2 heterocycles. The van der Waals surface area contributed by atoms with Crippen LogP contribution in [0.4, 0.5) is 0 Å². The molecule has 0 bridgehead atoms. The Hall–Kier alpha value is -2.16. The summed E-state index contributed by atoms with van der Waals surface area (Å²) in [5.74, 6) is 2.24. The van der Waals surface area contributed by atoms with Gasteiger partial charge in [-0.25, -0.2) is 14.7 Å². The van der Waals surface area contributed by atoms with Crippen molar-refractivity contribution in [3.8, 4) is 0 Å². The second-order valence-corrected chi connectivity index (χ2v) is 7.43. The molecule has 0 saturated carbocycles. The Kier molecular flexibility index (Phi) is 6.96. The minimum absolute atomic E-state index is 0.0892. The Morgan fingerprint density at radius 3 is 2.85 bits per heavy atom. The molecule has 0 spiro atoms. The zero-order valence-corrected chi connectivity index (χ0v) is 16.4. The maximum Gasteiger partial charge on any atom is 0.242 e. The van der Waals surface area contributed by atoms with Gasteiger partial charge in [0.2, 0.25) is 5.91 Å². The first-order valence-electron chi connectivity index (χ1n) is 9.08. The van der Waals surface area contributed by atoms with Crippen molar-refractivity contribution in [3.63, 3.8) is 0 Å². The van der Waals surface area contributed by atoms with Crippen molar-refractivity contribution < 1.29 is 9.53 Å². The van der Waals surface area contributed by atoms with Gasteiger partial charge in [-0.1, -0.05) is 0 Å². The second kappa shape index (κ2) is 8.98. The zero-order chi connectivity index (χ0) is 19.2. The molecular formula is C17H31N7O2. The van der Waals surface area contributed by atoms with Gasteiger partial charge in [-0.05, 0) is 34.1 Å². The Morgan fingerprint density at radius 2 is 2.19 bits per heavy atom. The van der Waals surface area contributed by atoms with Gasteiger partial charge in [0, 0.05) is 31.7 Å². The summed E-state index contributed by atoms with van der Waals surface area (Å²) < 4.78 is 7.02. The lowest BCUT2D eigenvalue weighted by Gasteiger charge is -2.25. The van der Waals surface area contributed by atoms with Crippen LogP contribution in [0.15, 0.2) is 4.99 Å². The molecule has 0 aromatic carbocycles. The summed E-state index contributed by atoms with van der Waals surface area (Å²) in [4.78, 5) is 20.9. The highest BCUT2D eigenvalue weighted by Crippen LogP contribution is 2.13. The molecule has 1 aliphatic heterocycles. The van der Waals surface area contributed by atoms with Gasteiger partial charge in [0.1, 0.15) is 19.0 Å². The van der Waals surface area contributed by atoms with Gasteiger partial charge in [-0.15, -0.1) is 0 Å². The van der Waals surface area contributed by atoms with Crippen molar-refractivity contribution in [3.05, 3.63) is 11.6 Å². The Bertz CT molecular complexity index is 634. The summed E-state index contributed by atoms with van der Waals surface area (Å²) in [5.41, 5.74) is -0.259. The maximum absolute atomic E-state index is 12.0. The van der Waals surface area contributed by atoms with Crippen LogP contribution in [0.1, 0.15) is 45.8 Å². The first-order valence-corrected chi connectivity index (χ1v) is 9.08. The number of methoxy groups -OCH3 is 1. The summed E-state index contributed by atoms with van der Waals surface area (Å²) in [5, 5.41) is 14.0. The number of nitrogens with zero attached hydrogens (tertiary/aromatic N) is 4. The fourth-order valence-corrected chi connectivity index (χ4v) is 2.79. The topological polar surface area (TPSA) is 105 Å². The SMILES string of the molecule is CCNC(=NCC(=O)NC(C)(C)C)NC1CCc2nc(COC)nn2C1. The van der Waals surface area contributed by atoms with Crippen LogP contribution in [-0.4, -0.2) is 58.4 Å². The number of hydrogen-bond donors (Lipinski definition) is 3. The van der Waals surface area contributed by atoms with E-state index >= 15 is 0 Å². The molecule has 3 N–H and O–H groups in total. The van der Waals surface area contributed by atoms with Gasteiger partial charge in [0.25, 0.3) is 0 Å². The van der Waals surface area contributed by atoms with Gasteiger partial charge >= 0.3 is 0 Å². The van der Waals surface area contributed by atoms with E-state index in [2.05, 4.69) is 31.0 Å². The molecule has 146 valence electrons. The molecule has 0 aliphatic carbocycles. The Morgan fingerprint density at radius 1 is 1.42 bits per heavy atom. The van der Waals surface area contributed by atoms with E-state index in [9.17, 15) is 4.79 Å². The number of guanidine groups is 1. The number of hydrogen-bond acceptors (Lipinski definition) is 5. The van der Waals surface area contributed by atoms with Crippen molar-refractivity contribution >= 4 is 11.9 Å². The molecule has 1 amide bonds. The summed E-state index contributed by atoms with van der Waals surface area (Å²) >= 11 is 0. The van der Waals surface area contributed by atoms with E-state index in [1.807, 2.05) is 32.4 Å². The largest absolute Gasteiger partial charge is 0.377 e. The Labute approximate surface area is 155 Å². The third kappa shape index (κ3) is 6.29. The third-order valence-electron chi connectivity index (χ3n) is 3.76. The summed E-state index contributed by atoms with van der Waals surface area (Å²) in [6, 6.07) is 0.183.